The molecule has 0 bridgehead atoms. The molecular weight excluding hydrogens is 371 g/mol. The van der Waals surface area contributed by atoms with E-state index in [0.717, 1.165) is 12.1 Å². The third kappa shape index (κ3) is 4.70. The summed E-state index contributed by atoms with van der Waals surface area (Å²) in [5, 5.41) is 5.87. The van der Waals surface area contributed by atoms with Crippen molar-refractivity contribution in [3.05, 3.63) is 52.8 Å². The van der Waals surface area contributed by atoms with Crippen molar-refractivity contribution >= 4 is 24.0 Å². The number of ether oxygens (including phenoxy) is 2. The molecule has 1 aliphatic rings. The zero-order valence-electron chi connectivity index (χ0n) is 15.4. The molecule has 2 aromatic rings. The molecule has 1 amide bonds. The van der Waals surface area contributed by atoms with E-state index in [0.29, 0.717) is 48.8 Å². The highest BCUT2D eigenvalue weighted by atomic mass is 35.5. The van der Waals surface area contributed by atoms with Gasteiger partial charge in [0, 0.05) is 12.1 Å². The van der Waals surface area contributed by atoms with E-state index in [9.17, 15) is 9.18 Å². The molecule has 27 heavy (non-hydrogen) atoms. The molecule has 0 atom stereocenters. The van der Waals surface area contributed by atoms with E-state index < -0.39 is 0 Å². The number of halogens is 2. The van der Waals surface area contributed by atoms with Crippen LogP contribution in [0.25, 0.3) is 0 Å². The lowest BCUT2D eigenvalue weighted by atomic mass is 9.99. The first-order valence-corrected chi connectivity index (χ1v) is 8.86. The first kappa shape index (κ1) is 21.0. The summed E-state index contributed by atoms with van der Waals surface area (Å²) >= 11 is 0. The minimum atomic E-state index is -0.387. The molecule has 1 heterocycles. The number of hydrogen-bond acceptors (Lipinski definition) is 4. The molecule has 0 fully saturated rings. The van der Waals surface area contributed by atoms with Crippen molar-refractivity contribution in [2.45, 2.75) is 26.8 Å². The van der Waals surface area contributed by atoms with Crippen LogP contribution in [0.3, 0.4) is 0 Å². The number of carbonyl (C=O) groups is 1. The molecule has 1 aliphatic heterocycles. The summed E-state index contributed by atoms with van der Waals surface area (Å²) in [4.78, 5) is 12.6. The standard InChI is InChI=1S/C20H23FN2O3.ClH/c1-3-25-17-8-6-13(11-18(17)26-4-2)20(24)23-16-7-5-14-12-22-10-9-15(14)19(16)21;/h5-8,11,22H,3-4,9-10,12H2,1-2H3,(H,23,24);1H. The summed E-state index contributed by atoms with van der Waals surface area (Å²) < 4.78 is 25.8. The second kappa shape index (κ2) is 9.58. The van der Waals surface area contributed by atoms with Gasteiger partial charge in [0.1, 0.15) is 5.82 Å². The van der Waals surface area contributed by atoms with Gasteiger partial charge in [0.2, 0.25) is 0 Å². The van der Waals surface area contributed by atoms with Crippen LogP contribution in [0.2, 0.25) is 0 Å². The number of anilines is 1. The first-order chi connectivity index (χ1) is 12.6. The maximum atomic E-state index is 14.7. The average Bonchev–Trinajstić information content (AvgIpc) is 2.66. The Bertz CT molecular complexity index is 814. The van der Waals surface area contributed by atoms with Gasteiger partial charge < -0.3 is 20.1 Å². The van der Waals surface area contributed by atoms with Crippen molar-refractivity contribution < 1.29 is 18.7 Å². The maximum absolute atomic E-state index is 14.7. The molecule has 0 aliphatic carbocycles. The highest BCUT2D eigenvalue weighted by Gasteiger charge is 2.18. The summed E-state index contributed by atoms with van der Waals surface area (Å²) in [6.07, 6.45) is 0.614. The van der Waals surface area contributed by atoms with E-state index in [1.165, 1.54) is 0 Å². The minimum absolute atomic E-state index is 0. The second-order valence-corrected chi connectivity index (χ2v) is 5.97. The summed E-state index contributed by atoms with van der Waals surface area (Å²) in [5.74, 6) is 0.340. The normalized spacial score (nSPS) is 12.6. The van der Waals surface area contributed by atoms with Gasteiger partial charge in [-0.25, -0.2) is 4.39 Å². The SMILES string of the molecule is CCOc1ccc(C(=O)Nc2ccc3c(c2F)CCNC3)cc1OCC.Cl. The fraction of sp³-hybridized carbons (Fsp3) is 0.350. The van der Waals surface area contributed by atoms with Gasteiger partial charge in [-0.2, -0.15) is 0 Å². The lowest BCUT2D eigenvalue weighted by molar-refractivity contribution is 0.102. The zero-order chi connectivity index (χ0) is 18.5. The molecule has 0 saturated heterocycles. The molecular formula is C20H24ClFN2O3. The van der Waals surface area contributed by atoms with Gasteiger partial charge in [-0.1, -0.05) is 6.07 Å². The van der Waals surface area contributed by atoms with E-state index in [-0.39, 0.29) is 29.8 Å². The Morgan fingerprint density at radius 1 is 1.15 bits per heavy atom. The summed E-state index contributed by atoms with van der Waals surface area (Å²) in [7, 11) is 0. The topological polar surface area (TPSA) is 59.6 Å². The number of carbonyl (C=O) groups excluding carboxylic acids is 1. The number of hydrogen-bond donors (Lipinski definition) is 2. The van der Waals surface area contributed by atoms with E-state index in [1.807, 2.05) is 19.9 Å². The number of rotatable bonds is 6. The quantitative estimate of drug-likeness (QED) is 0.779. The number of nitrogens with one attached hydrogen (secondary N) is 2. The predicted molar refractivity (Wildman–Crippen MR) is 106 cm³/mol. The van der Waals surface area contributed by atoms with E-state index >= 15 is 0 Å². The van der Waals surface area contributed by atoms with Crippen molar-refractivity contribution in [1.29, 1.82) is 0 Å². The maximum Gasteiger partial charge on any atom is 0.255 e. The number of benzene rings is 2. The van der Waals surface area contributed by atoms with Crippen LogP contribution in [0.15, 0.2) is 30.3 Å². The van der Waals surface area contributed by atoms with E-state index in [4.69, 9.17) is 9.47 Å². The molecule has 0 aromatic heterocycles. The molecule has 7 heteroatoms. The van der Waals surface area contributed by atoms with E-state index in [2.05, 4.69) is 10.6 Å². The van der Waals surface area contributed by atoms with Crippen LogP contribution < -0.4 is 20.1 Å². The van der Waals surface area contributed by atoms with Gasteiger partial charge in [0.05, 0.1) is 18.9 Å². The molecule has 5 nitrogen and oxygen atoms in total. The van der Waals surface area contributed by atoms with Crippen LogP contribution >= 0.6 is 12.4 Å². The van der Waals surface area contributed by atoms with Gasteiger partial charge in [0.15, 0.2) is 11.5 Å². The van der Waals surface area contributed by atoms with E-state index in [1.54, 1.807) is 24.3 Å². The average molecular weight is 395 g/mol. The lowest BCUT2D eigenvalue weighted by Crippen LogP contribution is -2.25. The molecule has 0 saturated carbocycles. The Morgan fingerprint density at radius 3 is 2.63 bits per heavy atom. The van der Waals surface area contributed by atoms with Crippen LogP contribution in [0.5, 0.6) is 11.5 Å². The smallest absolute Gasteiger partial charge is 0.255 e. The zero-order valence-corrected chi connectivity index (χ0v) is 16.2. The molecule has 2 aromatic carbocycles. The second-order valence-electron chi connectivity index (χ2n) is 5.97. The van der Waals surface area contributed by atoms with Crippen LogP contribution in [-0.2, 0) is 13.0 Å². The highest BCUT2D eigenvalue weighted by Crippen LogP contribution is 2.30. The van der Waals surface area contributed by atoms with Gasteiger partial charge in [0.25, 0.3) is 5.91 Å². The van der Waals surface area contributed by atoms with Crippen molar-refractivity contribution in [2.75, 3.05) is 25.1 Å². The molecule has 146 valence electrons. The summed E-state index contributed by atoms with van der Waals surface area (Å²) in [6.45, 7) is 6.08. The Hall–Kier alpha value is -2.31. The molecule has 0 radical (unpaired) electrons. The van der Waals surface area contributed by atoms with Crippen molar-refractivity contribution in [1.82, 2.24) is 5.32 Å². The third-order valence-electron chi connectivity index (χ3n) is 4.26. The Kier molecular flexibility index (Phi) is 7.45. The number of fused-ring (bicyclic) bond motifs is 1. The molecule has 0 spiro atoms. The fourth-order valence-corrected chi connectivity index (χ4v) is 3.02. The van der Waals surface area contributed by atoms with Crippen molar-refractivity contribution in [3.8, 4) is 11.5 Å². The van der Waals surface area contributed by atoms with Crippen LogP contribution in [0, 0.1) is 5.82 Å². The van der Waals surface area contributed by atoms with Gasteiger partial charge in [-0.15, -0.1) is 12.4 Å². The Morgan fingerprint density at radius 2 is 1.89 bits per heavy atom. The lowest BCUT2D eigenvalue weighted by Gasteiger charge is -2.19. The number of amides is 1. The van der Waals surface area contributed by atoms with Crippen LogP contribution in [0.1, 0.15) is 35.3 Å². The van der Waals surface area contributed by atoms with Gasteiger partial charge in [-0.3, -0.25) is 4.79 Å². The predicted octanol–water partition coefficient (Wildman–Crippen LogP) is 3.94. The van der Waals surface area contributed by atoms with Crippen molar-refractivity contribution in [3.63, 3.8) is 0 Å². The Labute approximate surface area is 164 Å². The Balaban J connectivity index is 0.00000261. The third-order valence-corrected chi connectivity index (χ3v) is 4.26. The van der Waals surface area contributed by atoms with Gasteiger partial charge >= 0.3 is 0 Å². The van der Waals surface area contributed by atoms with Crippen LogP contribution in [-0.4, -0.2) is 25.7 Å². The van der Waals surface area contributed by atoms with Crippen LogP contribution in [0.4, 0.5) is 10.1 Å². The fourth-order valence-electron chi connectivity index (χ4n) is 3.02. The van der Waals surface area contributed by atoms with Gasteiger partial charge in [-0.05, 0) is 62.2 Å². The monoisotopic (exact) mass is 394 g/mol. The molecule has 3 rings (SSSR count). The first-order valence-electron chi connectivity index (χ1n) is 8.86. The summed E-state index contributed by atoms with van der Waals surface area (Å²) in [5.41, 5.74) is 2.19. The van der Waals surface area contributed by atoms with Crippen molar-refractivity contribution in [2.24, 2.45) is 0 Å². The minimum Gasteiger partial charge on any atom is -0.490 e. The highest BCUT2D eigenvalue weighted by molar-refractivity contribution is 6.04. The molecule has 2 N–H and O–H groups in total. The molecule has 0 unspecified atom stereocenters. The largest absolute Gasteiger partial charge is 0.490 e. The summed E-state index contributed by atoms with van der Waals surface area (Å²) in [6, 6.07) is 8.41.